The van der Waals surface area contributed by atoms with Crippen LogP contribution in [0.15, 0.2) is 9.93 Å². The minimum Gasteiger partial charge on any atom is -0.428 e. The molecule has 6 atom stereocenters. The highest BCUT2D eigenvalue weighted by Crippen LogP contribution is 2.55. The van der Waals surface area contributed by atoms with Crippen LogP contribution in [0.1, 0.15) is 33.6 Å². The van der Waals surface area contributed by atoms with E-state index in [1.807, 2.05) is 6.92 Å². The third kappa shape index (κ3) is 4.73. The van der Waals surface area contributed by atoms with E-state index < -0.39 is 41.9 Å². The monoisotopic (exact) mass is 464 g/mol. The molecular weight excluding hydrogens is 438 g/mol. The molecule has 0 aromatic rings. The summed E-state index contributed by atoms with van der Waals surface area (Å²) in [6, 6.07) is 0. The van der Waals surface area contributed by atoms with Crippen molar-refractivity contribution < 1.29 is 33.5 Å². The Bertz CT molecular complexity index is 714. The number of esters is 2. The van der Waals surface area contributed by atoms with Gasteiger partial charge in [0.2, 0.25) is 12.7 Å². The lowest BCUT2D eigenvalue weighted by atomic mass is 9.92. The molecule has 0 aliphatic carbocycles. The maximum Gasteiger partial charge on any atom is 0.359 e. The molecule has 2 N–H and O–H groups in total. The number of aliphatic hydroxyl groups is 1. The fourth-order valence-corrected chi connectivity index (χ4v) is 8.52. The van der Waals surface area contributed by atoms with E-state index >= 15 is 0 Å². The molecule has 11 heteroatoms. The molecule has 0 bridgehead atoms. The van der Waals surface area contributed by atoms with Crippen molar-refractivity contribution in [3.63, 3.8) is 0 Å². The van der Waals surface area contributed by atoms with Crippen LogP contribution in [0.3, 0.4) is 0 Å². The smallest absolute Gasteiger partial charge is 0.359 e. The largest absolute Gasteiger partial charge is 0.428 e. The third-order valence-corrected chi connectivity index (χ3v) is 9.77. The topological polar surface area (TPSA) is 113 Å². The number of carbonyl (C=O) groups excluding carboxylic acids is 3. The van der Waals surface area contributed by atoms with Gasteiger partial charge < -0.3 is 14.6 Å². The Balaban J connectivity index is 1.70. The van der Waals surface area contributed by atoms with Crippen molar-refractivity contribution in [1.29, 1.82) is 0 Å². The molecule has 3 aliphatic heterocycles. The van der Waals surface area contributed by atoms with E-state index in [4.69, 9.17) is 9.47 Å². The molecule has 0 aromatic carbocycles. The predicted molar refractivity (Wildman–Crippen MR) is 113 cm³/mol. The first kappa shape index (κ1) is 22.8. The van der Waals surface area contributed by atoms with Gasteiger partial charge in [-0.15, -0.1) is 11.8 Å². The average molecular weight is 465 g/mol. The normalized spacial score (nSPS) is 30.7. The zero-order chi connectivity index (χ0) is 21.3. The van der Waals surface area contributed by atoms with Crippen LogP contribution in [0, 0.1) is 11.8 Å². The van der Waals surface area contributed by atoms with Gasteiger partial charge in [-0.1, -0.05) is 25.6 Å². The summed E-state index contributed by atoms with van der Waals surface area (Å²) in [6.07, 6.45) is 0.638. The van der Waals surface area contributed by atoms with Crippen LogP contribution in [0.4, 0.5) is 0 Å². The Morgan fingerprint density at radius 3 is 2.69 bits per heavy atom. The Morgan fingerprint density at radius 1 is 1.38 bits per heavy atom. The lowest BCUT2D eigenvalue weighted by Gasteiger charge is -2.43. The summed E-state index contributed by atoms with van der Waals surface area (Å²) >= 11 is 2.24. The van der Waals surface area contributed by atoms with Crippen LogP contribution in [0.2, 0.25) is 0 Å². The second-order valence-electron chi connectivity index (χ2n) is 7.30. The summed E-state index contributed by atoms with van der Waals surface area (Å²) in [5.74, 6) is -0.949. The van der Waals surface area contributed by atoms with Crippen LogP contribution < -0.4 is 0 Å². The minimum absolute atomic E-state index is 0.149. The lowest BCUT2D eigenvalue weighted by molar-refractivity contribution is -0.171. The number of hydrogen-bond acceptors (Lipinski definition) is 9. The van der Waals surface area contributed by atoms with Gasteiger partial charge in [0.1, 0.15) is 22.3 Å². The molecule has 0 aromatic heterocycles. The van der Waals surface area contributed by atoms with Crippen LogP contribution in [0.5, 0.6) is 0 Å². The molecule has 1 amide bonds. The summed E-state index contributed by atoms with van der Waals surface area (Å²) < 4.78 is 20.6. The average Bonchev–Trinajstić information content (AvgIpc) is 3.21. The van der Waals surface area contributed by atoms with Gasteiger partial charge >= 0.3 is 11.9 Å². The highest BCUT2D eigenvalue weighted by molar-refractivity contribution is 8.23. The second-order valence-corrected chi connectivity index (χ2v) is 11.7. The maximum atomic E-state index is 12.7. The molecule has 0 spiro atoms. The number of fused-ring (bicyclic) bond motifs is 1. The minimum atomic E-state index is -0.816. The Kier molecular flexibility index (Phi) is 7.47. The Morgan fingerprint density at radius 2 is 2.10 bits per heavy atom. The van der Waals surface area contributed by atoms with Gasteiger partial charge in [-0.3, -0.25) is 14.5 Å². The number of β-lactam (4-membered cyclic amide) rings is 1. The van der Waals surface area contributed by atoms with Gasteiger partial charge in [0.15, 0.2) is 11.4 Å². The molecular formula is C18H26NO7S3+. The second kappa shape index (κ2) is 9.51. The molecule has 2 unspecified atom stereocenters. The summed E-state index contributed by atoms with van der Waals surface area (Å²) in [5, 5.41) is 9.72. The summed E-state index contributed by atoms with van der Waals surface area (Å²) in [6.45, 7) is 4.64. The fraction of sp³-hybridized carbons (Fsp3) is 0.722. The SMILES string of the molecule is CCC(C)C(=O)OCOC(=O)C1=C(S[C@H]2CC[S+](O)C2)S[C@@H]2[C@@H]([C@@H](C)O)C(=O)N12. The molecule has 2 saturated heterocycles. The Hall–Kier alpha value is -0.880. The highest BCUT2D eigenvalue weighted by atomic mass is 32.2. The van der Waals surface area contributed by atoms with Gasteiger partial charge in [0, 0.05) is 6.42 Å². The van der Waals surface area contributed by atoms with E-state index in [0.717, 1.165) is 12.2 Å². The van der Waals surface area contributed by atoms with Crippen LogP contribution >= 0.6 is 23.5 Å². The molecule has 0 radical (unpaired) electrons. The first-order valence-electron chi connectivity index (χ1n) is 9.53. The highest BCUT2D eigenvalue weighted by Gasteiger charge is 2.58. The number of rotatable bonds is 8. The Labute approximate surface area is 181 Å². The van der Waals surface area contributed by atoms with Crippen molar-refractivity contribution in [1.82, 2.24) is 4.90 Å². The third-order valence-electron chi connectivity index (χ3n) is 5.19. The van der Waals surface area contributed by atoms with Crippen LogP contribution in [-0.2, 0) is 35.0 Å². The molecule has 0 saturated carbocycles. The predicted octanol–water partition coefficient (Wildman–Crippen LogP) is 1.75. The molecule has 8 nitrogen and oxygen atoms in total. The summed E-state index contributed by atoms with van der Waals surface area (Å²) in [5.41, 5.74) is 0.149. The fourth-order valence-electron chi connectivity index (χ4n) is 3.23. The van der Waals surface area contributed by atoms with Crippen molar-refractivity contribution in [2.45, 2.75) is 50.3 Å². The van der Waals surface area contributed by atoms with E-state index in [1.165, 1.54) is 28.4 Å². The van der Waals surface area contributed by atoms with Crippen LogP contribution in [-0.4, -0.2) is 67.4 Å². The zero-order valence-electron chi connectivity index (χ0n) is 16.5. The van der Waals surface area contributed by atoms with E-state index in [-0.39, 0.29) is 28.1 Å². The van der Waals surface area contributed by atoms with E-state index in [1.54, 1.807) is 13.8 Å². The van der Waals surface area contributed by atoms with Gasteiger partial charge in [-0.2, -0.15) is 4.55 Å². The summed E-state index contributed by atoms with van der Waals surface area (Å²) in [4.78, 5) is 38.4. The molecule has 3 heterocycles. The first-order valence-corrected chi connectivity index (χ1v) is 12.8. The van der Waals surface area contributed by atoms with Crippen molar-refractivity contribution in [2.75, 3.05) is 18.3 Å². The van der Waals surface area contributed by atoms with Crippen molar-refractivity contribution >= 4 is 52.5 Å². The number of ether oxygens (including phenoxy) is 2. The van der Waals surface area contributed by atoms with Crippen molar-refractivity contribution in [3.8, 4) is 0 Å². The number of nitrogens with zero attached hydrogens (tertiary/aromatic N) is 1. The lowest BCUT2D eigenvalue weighted by Crippen LogP contribution is -2.60. The van der Waals surface area contributed by atoms with Crippen LogP contribution in [0.25, 0.3) is 0 Å². The van der Waals surface area contributed by atoms with Crippen molar-refractivity contribution in [2.24, 2.45) is 11.8 Å². The number of aliphatic hydroxyl groups excluding tert-OH is 1. The van der Waals surface area contributed by atoms with E-state index in [9.17, 15) is 24.0 Å². The van der Waals surface area contributed by atoms with Gasteiger partial charge in [0.05, 0.1) is 27.4 Å². The molecule has 2 fully saturated rings. The van der Waals surface area contributed by atoms with Gasteiger partial charge in [-0.05, 0) is 13.3 Å². The molecule has 162 valence electrons. The maximum absolute atomic E-state index is 12.7. The standard InChI is InChI=1S/C18H26NO7S3/c1-4-9(2)16(22)25-8-26-17(23)13-18(27-11-5-6-29(24)7-11)28-15-12(10(3)20)14(21)19(13)15/h9-12,15,20,24H,4-8H2,1-3H3/q+1/t9?,10-,11+,12+,15-,29?/m1/s1. The quantitative estimate of drug-likeness (QED) is 0.240. The zero-order valence-corrected chi connectivity index (χ0v) is 19.0. The van der Waals surface area contributed by atoms with E-state index in [0.29, 0.717) is 16.4 Å². The molecule has 3 aliphatic rings. The van der Waals surface area contributed by atoms with Gasteiger partial charge in [-0.25, -0.2) is 4.79 Å². The number of amides is 1. The van der Waals surface area contributed by atoms with Crippen molar-refractivity contribution in [3.05, 3.63) is 9.93 Å². The molecule has 3 rings (SSSR count). The number of thioether (sulfide) groups is 2. The van der Waals surface area contributed by atoms with E-state index in [2.05, 4.69) is 0 Å². The number of hydrogen-bond donors (Lipinski definition) is 2. The molecule has 29 heavy (non-hydrogen) atoms. The van der Waals surface area contributed by atoms with Gasteiger partial charge in [0.25, 0.3) is 0 Å². The first-order chi connectivity index (χ1) is 13.7. The summed E-state index contributed by atoms with van der Waals surface area (Å²) in [7, 11) is 0. The number of carbonyl (C=O) groups is 3.